The second kappa shape index (κ2) is 31.9. The molecular formula is C68H74N4O15. The minimum atomic E-state index is -1.37. The topological polar surface area (TPSA) is 307 Å². The molecular weight excluding hydrogens is 1110 g/mol. The number of hydrogen-bond donors (Lipinski definition) is 8. The van der Waals surface area contributed by atoms with Gasteiger partial charge in [-0.25, -0.2) is 14.4 Å². The highest BCUT2D eigenvalue weighted by molar-refractivity contribution is 5.88. The van der Waals surface area contributed by atoms with E-state index in [1.54, 1.807) is 12.2 Å². The van der Waals surface area contributed by atoms with E-state index in [2.05, 4.69) is 65.5 Å². The predicted octanol–water partition coefficient (Wildman–Crippen LogP) is 10.8. The van der Waals surface area contributed by atoms with Crippen molar-refractivity contribution in [1.29, 1.82) is 0 Å². The Morgan fingerprint density at radius 2 is 0.782 bits per heavy atom. The molecule has 0 spiro atoms. The van der Waals surface area contributed by atoms with Gasteiger partial charge in [0, 0.05) is 24.2 Å². The number of amides is 3. The fourth-order valence-corrected chi connectivity index (χ4v) is 10.4. The lowest BCUT2D eigenvalue weighted by molar-refractivity contribution is -0.148. The Kier molecular flexibility index (Phi) is 24.3. The SMILES string of the molecule is C=CCCC[C@](C)(N)C(=O)O.C=CCCC[C@](C)(NC(=O)CCC(=O)OCC1c2ccccc2-c2ccccc21)C(=O)O.O=C(O)CNC(=O)OCC1c2ccccc2-c2ccccc21.O=C(O)CNC(=O)OCC1c2ccccc2-c2ccccc21. The number of hydrogen-bond acceptors (Lipinski definition) is 12. The Morgan fingerprint density at radius 1 is 0.471 bits per heavy atom. The molecule has 0 saturated carbocycles. The summed E-state index contributed by atoms with van der Waals surface area (Å²) in [7, 11) is 0. The highest BCUT2D eigenvalue weighted by Gasteiger charge is 2.35. The molecule has 456 valence electrons. The minimum Gasteiger partial charge on any atom is -0.480 e. The lowest BCUT2D eigenvalue weighted by atomic mass is 9.94. The van der Waals surface area contributed by atoms with Crippen molar-refractivity contribution < 1.29 is 73.0 Å². The number of carboxylic acids is 4. The van der Waals surface area contributed by atoms with Gasteiger partial charge in [0.2, 0.25) is 5.91 Å². The van der Waals surface area contributed by atoms with Crippen molar-refractivity contribution in [3.8, 4) is 33.4 Å². The van der Waals surface area contributed by atoms with Gasteiger partial charge in [0.15, 0.2) is 0 Å². The molecule has 6 aromatic rings. The van der Waals surface area contributed by atoms with Gasteiger partial charge in [-0.05, 0) is 119 Å². The molecule has 9 rings (SSSR count). The van der Waals surface area contributed by atoms with E-state index in [0.717, 1.165) is 79.6 Å². The molecule has 3 aliphatic carbocycles. The van der Waals surface area contributed by atoms with E-state index in [0.29, 0.717) is 19.3 Å². The Bertz CT molecular complexity index is 3190. The molecule has 0 aromatic heterocycles. The number of fused-ring (bicyclic) bond motifs is 9. The van der Waals surface area contributed by atoms with Crippen molar-refractivity contribution in [3.05, 3.63) is 204 Å². The molecule has 0 radical (unpaired) electrons. The highest BCUT2D eigenvalue weighted by Crippen LogP contribution is 2.47. The number of carbonyl (C=O) groups is 8. The smallest absolute Gasteiger partial charge is 0.407 e. The number of rotatable bonds is 24. The first kappa shape index (κ1) is 66.3. The van der Waals surface area contributed by atoms with Gasteiger partial charge in [0.25, 0.3) is 0 Å². The summed E-state index contributed by atoms with van der Waals surface area (Å²) in [5, 5.41) is 42.1. The molecule has 0 bridgehead atoms. The highest BCUT2D eigenvalue weighted by atomic mass is 16.6. The van der Waals surface area contributed by atoms with Gasteiger partial charge in [0.1, 0.15) is 44.0 Å². The maximum Gasteiger partial charge on any atom is 0.407 e. The molecule has 0 unspecified atom stereocenters. The Hall–Kier alpha value is -9.88. The molecule has 0 saturated heterocycles. The number of carbonyl (C=O) groups excluding carboxylic acids is 4. The Balaban J connectivity index is 0.000000196. The number of nitrogens with one attached hydrogen (secondary N) is 3. The van der Waals surface area contributed by atoms with Crippen molar-refractivity contribution in [1.82, 2.24) is 16.0 Å². The van der Waals surface area contributed by atoms with Crippen LogP contribution in [0.4, 0.5) is 9.59 Å². The molecule has 0 fully saturated rings. The third-order valence-electron chi connectivity index (χ3n) is 15.0. The predicted molar refractivity (Wildman–Crippen MR) is 328 cm³/mol. The lowest BCUT2D eigenvalue weighted by Gasteiger charge is -2.26. The normalized spacial score (nSPS) is 13.4. The summed E-state index contributed by atoms with van der Waals surface area (Å²) in [6, 6.07) is 48.2. The van der Waals surface area contributed by atoms with E-state index in [9.17, 15) is 43.5 Å². The molecule has 6 aromatic carbocycles. The van der Waals surface area contributed by atoms with Crippen LogP contribution in [-0.2, 0) is 43.0 Å². The van der Waals surface area contributed by atoms with E-state index >= 15 is 0 Å². The van der Waals surface area contributed by atoms with Gasteiger partial charge in [-0.2, -0.15) is 0 Å². The Morgan fingerprint density at radius 3 is 1.08 bits per heavy atom. The zero-order valence-corrected chi connectivity index (χ0v) is 48.7. The van der Waals surface area contributed by atoms with E-state index < -0.39 is 72.1 Å². The fraction of sp³-hybridized carbons (Fsp3) is 0.294. The van der Waals surface area contributed by atoms with Crippen LogP contribution in [-0.4, -0.2) is 112 Å². The fourth-order valence-electron chi connectivity index (χ4n) is 10.4. The van der Waals surface area contributed by atoms with Crippen LogP contribution in [0.25, 0.3) is 33.4 Å². The van der Waals surface area contributed by atoms with Crippen molar-refractivity contribution in [2.75, 3.05) is 32.9 Å². The average Bonchev–Trinajstić information content (AvgIpc) is 1.70. The van der Waals surface area contributed by atoms with Crippen LogP contribution in [0.1, 0.15) is 116 Å². The monoisotopic (exact) mass is 1190 g/mol. The largest absolute Gasteiger partial charge is 0.480 e. The van der Waals surface area contributed by atoms with Crippen LogP contribution in [0.2, 0.25) is 0 Å². The molecule has 0 heterocycles. The van der Waals surface area contributed by atoms with Gasteiger partial charge in [-0.15, -0.1) is 13.2 Å². The second-order valence-electron chi connectivity index (χ2n) is 21.3. The molecule has 9 N–H and O–H groups in total. The van der Waals surface area contributed by atoms with Gasteiger partial charge >= 0.3 is 42.0 Å². The molecule has 87 heavy (non-hydrogen) atoms. The van der Waals surface area contributed by atoms with Crippen LogP contribution < -0.4 is 21.7 Å². The lowest BCUT2D eigenvalue weighted by Crippen LogP contribution is -2.52. The maximum atomic E-state index is 12.3. The van der Waals surface area contributed by atoms with Crippen molar-refractivity contribution in [3.63, 3.8) is 0 Å². The van der Waals surface area contributed by atoms with Crippen LogP contribution in [0.15, 0.2) is 171 Å². The Labute approximate surface area is 505 Å². The summed E-state index contributed by atoms with van der Waals surface area (Å²) in [5.74, 6) is -5.31. The quantitative estimate of drug-likeness (QED) is 0.0121. The van der Waals surface area contributed by atoms with Gasteiger partial charge in [-0.3, -0.25) is 24.0 Å². The van der Waals surface area contributed by atoms with Gasteiger partial charge in [-0.1, -0.05) is 158 Å². The first-order valence-corrected chi connectivity index (χ1v) is 28.4. The summed E-state index contributed by atoms with van der Waals surface area (Å²) in [5.41, 5.74) is 16.6. The van der Waals surface area contributed by atoms with Gasteiger partial charge in [0.05, 0.1) is 6.42 Å². The standard InChI is InChI=1S/C26H29NO5.2C17H15NO4.C8H15NO2/c1-3-4-9-16-26(2,25(30)31)27-23(28)14-15-24(29)32-17-22-20-12-7-5-10-18(20)19-11-6-8-13-21(19)22;2*19-16(20)9-18-17(21)22-10-15-13-7-3-1-5-11(13)12-6-2-4-8-14(12)15;1-3-4-5-6-8(2,9)7(10)11/h3,5-8,10-13,22H,1,4,9,14-17H2,2H3,(H,27,28)(H,30,31);2*1-8,15H,9-10H2,(H,18,21)(H,19,20);3H,1,4-6,9H2,2H3,(H,10,11)/t26-;;;8-/m0..0/s1. The number of benzene rings is 6. The number of nitrogens with two attached hydrogens (primary N) is 1. The third-order valence-corrected chi connectivity index (χ3v) is 15.0. The van der Waals surface area contributed by atoms with E-state index in [1.807, 2.05) is 109 Å². The van der Waals surface area contributed by atoms with E-state index in [4.69, 9.17) is 35.3 Å². The maximum absolute atomic E-state index is 12.3. The number of esters is 1. The van der Waals surface area contributed by atoms with Crippen molar-refractivity contribution >= 4 is 47.9 Å². The first-order valence-electron chi connectivity index (χ1n) is 28.4. The molecule has 3 amide bonds. The number of alkyl carbamates (subject to hydrolysis) is 2. The number of aliphatic carboxylic acids is 4. The summed E-state index contributed by atoms with van der Waals surface area (Å²) in [4.78, 5) is 90.6. The minimum absolute atomic E-state index is 0.0250. The van der Waals surface area contributed by atoms with Crippen LogP contribution in [0.3, 0.4) is 0 Å². The van der Waals surface area contributed by atoms with Gasteiger partial charge < -0.3 is 56.3 Å². The summed E-state index contributed by atoms with van der Waals surface area (Å²) in [6.45, 7) is 9.82. The van der Waals surface area contributed by atoms with Crippen molar-refractivity contribution in [2.24, 2.45) is 5.73 Å². The second-order valence-corrected chi connectivity index (χ2v) is 21.3. The van der Waals surface area contributed by atoms with Crippen LogP contribution >= 0.6 is 0 Å². The molecule has 19 nitrogen and oxygen atoms in total. The van der Waals surface area contributed by atoms with E-state index in [-0.39, 0.29) is 56.8 Å². The molecule has 0 aliphatic heterocycles. The summed E-state index contributed by atoms with van der Waals surface area (Å²) >= 11 is 0. The average molecular weight is 1190 g/mol. The van der Waals surface area contributed by atoms with Crippen molar-refractivity contribution in [2.45, 2.75) is 94.0 Å². The first-order chi connectivity index (χ1) is 41.7. The zero-order chi connectivity index (χ0) is 63.1. The van der Waals surface area contributed by atoms with Crippen LogP contribution in [0, 0.1) is 0 Å². The molecule has 2 atom stereocenters. The summed E-state index contributed by atoms with van der Waals surface area (Å²) < 4.78 is 15.9. The molecule has 3 aliphatic rings. The number of carboxylic acid groups (broad SMARTS) is 4. The third kappa shape index (κ3) is 18.3. The van der Waals surface area contributed by atoms with Crippen LogP contribution in [0.5, 0.6) is 0 Å². The zero-order valence-electron chi connectivity index (χ0n) is 48.7. The number of allylic oxidation sites excluding steroid dienone is 2. The number of ether oxygens (including phenoxy) is 3. The summed E-state index contributed by atoms with van der Waals surface area (Å²) in [6.07, 6.45) is 5.44. The molecule has 19 heteroatoms. The number of unbranched alkanes of at least 4 members (excludes halogenated alkanes) is 2. The van der Waals surface area contributed by atoms with E-state index in [1.165, 1.54) is 13.8 Å².